The molecule has 1 amide bonds. The molecule has 2 aromatic rings. The van der Waals surface area contributed by atoms with Crippen molar-refractivity contribution in [3.8, 4) is 17.2 Å². The second-order valence-corrected chi connectivity index (χ2v) is 8.47. The Hall–Kier alpha value is -3.52. The van der Waals surface area contributed by atoms with E-state index in [0.29, 0.717) is 67.8 Å². The number of unbranched alkanes of at least 4 members (excludes halogenated alkanes) is 1. The van der Waals surface area contributed by atoms with Crippen LogP contribution in [0.1, 0.15) is 43.4 Å². The number of ether oxygens (including phenoxy) is 4. The number of aliphatic hydroxyl groups excluding tert-OH is 1. The first kappa shape index (κ1) is 24.6. The standard InChI is InChI=1S/C27H31NO7/c1-3-4-13-33-20-8-5-7-18(16-20)24-23(26(30)27(31)28(24)11-6-12-32-2)25(29)19-9-10-21-22(17-19)35-15-14-34-21/h5,7-10,16-17,24,29H,3-4,6,11-15H2,1-2H3/b25-23+. The molecule has 1 atom stereocenters. The third-order valence-electron chi connectivity index (χ3n) is 6.04. The Kier molecular flexibility index (Phi) is 7.92. The summed E-state index contributed by atoms with van der Waals surface area (Å²) >= 11 is 0. The van der Waals surface area contributed by atoms with Gasteiger partial charge in [-0.3, -0.25) is 9.59 Å². The summed E-state index contributed by atoms with van der Waals surface area (Å²) in [5, 5.41) is 11.3. The number of fused-ring (bicyclic) bond motifs is 1. The Balaban J connectivity index is 1.76. The van der Waals surface area contributed by atoms with Crippen LogP contribution in [0.15, 0.2) is 48.0 Å². The molecular weight excluding hydrogens is 450 g/mol. The summed E-state index contributed by atoms with van der Waals surface area (Å²) in [6.45, 7) is 4.25. The van der Waals surface area contributed by atoms with Crippen molar-refractivity contribution in [2.24, 2.45) is 0 Å². The topological polar surface area (TPSA) is 94.5 Å². The van der Waals surface area contributed by atoms with Gasteiger partial charge in [-0.1, -0.05) is 25.5 Å². The lowest BCUT2D eigenvalue weighted by atomic mass is 9.95. The van der Waals surface area contributed by atoms with E-state index < -0.39 is 17.7 Å². The molecule has 0 radical (unpaired) electrons. The summed E-state index contributed by atoms with van der Waals surface area (Å²) in [4.78, 5) is 27.8. The second-order valence-electron chi connectivity index (χ2n) is 8.47. The van der Waals surface area contributed by atoms with Gasteiger partial charge < -0.3 is 29.0 Å². The first-order valence-corrected chi connectivity index (χ1v) is 11.9. The molecule has 2 aromatic carbocycles. The molecule has 1 saturated heterocycles. The lowest BCUT2D eigenvalue weighted by Crippen LogP contribution is -2.31. The van der Waals surface area contributed by atoms with Gasteiger partial charge in [0.15, 0.2) is 11.5 Å². The molecule has 2 aliphatic rings. The van der Waals surface area contributed by atoms with Crippen molar-refractivity contribution in [2.45, 2.75) is 32.2 Å². The van der Waals surface area contributed by atoms with E-state index >= 15 is 0 Å². The second kappa shape index (κ2) is 11.3. The largest absolute Gasteiger partial charge is 0.507 e. The molecule has 186 valence electrons. The zero-order valence-electron chi connectivity index (χ0n) is 20.1. The zero-order valence-corrected chi connectivity index (χ0v) is 20.1. The fraction of sp³-hybridized carbons (Fsp3) is 0.407. The molecule has 1 N–H and O–H groups in total. The number of likely N-dealkylation sites (tertiary alicyclic amines) is 1. The maximum atomic E-state index is 13.2. The predicted molar refractivity (Wildman–Crippen MR) is 130 cm³/mol. The summed E-state index contributed by atoms with van der Waals surface area (Å²) < 4.78 is 22.2. The number of aliphatic hydroxyl groups is 1. The summed E-state index contributed by atoms with van der Waals surface area (Å²) in [5.41, 5.74) is 1.11. The minimum atomic E-state index is -0.755. The Morgan fingerprint density at radius 3 is 2.63 bits per heavy atom. The smallest absolute Gasteiger partial charge is 0.295 e. The number of carbonyl (C=O) groups excluding carboxylic acids is 2. The molecule has 0 saturated carbocycles. The van der Waals surface area contributed by atoms with E-state index in [0.717, 1.165) is 12.8 Å². The fourth-order valence-corrected chi connectivity index (χ4v) is 4.29. The van der Waals surface area contributed by atoms with E-state index in [-0.39, 0.29) is 11.3 Å². The van der Waals surface area contributed by atoms with Gasteiger partial charge in [0.1, 0.15) is 24.7 Å². The van der Waals surface area contributed by atoms with Gasteiger partial charge in [-0.25, -0.2) is 0 Å². The number of nitrogens with zero attached hydrogens (tertiary/aromatic N) is 1. The van der Waals surface area contributed by atoms with Gasteiger partial charge >= 0.3 is 0 Å². The van der Waals surface area contributed by atoms with Gasteiger partial charge in [0.05, 0.1) is 18.2 Å². The van der Waals surface area contributed by atoms with E-state index in [2.05, 4.69) is 6.92 Å². The van der Waals surface area contributed by atoms with Crippen LogP contribution in [0.5, 0.6) is 17.2 Å². The molecule has 1 unspecified atom stereocenters. The zero-order chi connectivity index (χ0) is 24.8. The van der Waals surface area contributed by atoms with E-state index in [9.17, 15) is 14.7 Å². The average Bonchev–Trinajstić information content (AvgIpc) is 3.13. The van der Waals surface area contributed by atoms with E-state index in [4.69, 9.17) is 18.9 Å². The van der Waals surface area contributed by atoms with Gasteiger partial charge in [0.2, 0.25) is 0 Å². The van der Waals surface area contributed by atoms with Crippen LogP contribution in [0.25, 0.3) is 5.76 Å². The van der Waals surface area contributed by atoms with Crippen molar-refractivity contribution in [3.05, 3.63) is 59.2 Å². The van der Waals surface area contributed by atoms with Crippen LogP contribution in [0.4, 0.5) is 0 Å². The average molecular weight is 482 g/mol. The first-order valence-electron chi connectivity index (χ1n) is 11.9. The highest BCUT2D eigenvalue weighted by Crippen LogP contribution is 2.41. The number of carbonyl (C=O) groups is 2. The Morgan fingerprint density at radius 1 is 1.06 bits per heavy atom. The van der Waals surface area contributed by atoms with Gasteiger partial charge in [-0.2, -0.15) is 0 Å². The van der Waals surface area contributed by atoms with Crippen molar-refractivity contribution in [2.75, 3.05) is 40.1 Å². The quantitative estimate of drug-likeness (QED) is 0.236. The van der Waals surface area contributed by atoms with Crippen molar-refractivity contribution in [3.63, 3.8) is 0 Å². The van der Waals surface area contributed by atoms with Gasteiger partial charge in [-0.05, 0) is 48.7 Å². The molecule has 4 rings (SSSR count). The van der Waals surface area contributed by atoms with Gasteiger partial charge in [0.25, 0.3) is 11.7 Å². The van der Waals surface area contributed by atoms with Gasteiger partial charge in [0, 0.05) is 25.8 Å². The molecule has 8 nitrogen and oxygen atoms in total. The van der Waals surface area contributed by atoms with E-state index in [1.165, 1.54) is 4.90 Å². The van der Waals surface area contributed by atoms with Crippen LogP contribution in [0.3, 0.4) is 0 Å². The minimum absolute atomic E-state index is 0.0369. The Morgan fingerprint density at radius 2 is 1.86 bits per heavy atom. The molecule has 2 aliphatic heterocycles. The SMILES string of the molecule is CCCCOc1cccc(C2/C(=C(\O)c3ccc4c(c3)OCCO4)C(=O)C(=O)N2CCCOC)c1. The van der Waals surface area contributed by atoms with Crippen LogP contribution in [-0.2, 0) is 14.3 Å². The molecule has 1 fully saturated rings. The summed E-state index contributed by atoms with van der Waals surface area (Å²) in [6, 6.07) is 11.6. The van der Waals surface area contributed by atoms with E-state index in [1.807, 2.05) is 24.3 Å². The molecule has 0 aromatic heterocycles. The maximum Gasteiger partial charge on any atom is 0.295 e. The third-order valence-corrected chi connectivity index (χ3v) is 6.04. The highest BCUT2D eigenvalue weighted by atomic mass is 16.6. The van der Waals surface area contributed by atoms with E-state index in [1.54, 1.807) is 25.3 Å². The molecule has 2 heterocycles. The van der Waals surface area contributed by atoms with Gasteiger partial charge in [-0.15, -0.1) is 0 Å². The number of hydrogen-bond acceptors (Lipinski definition) is 7. The number of hydrogen-bond donors (Lipinski definition) is 1. The summed E-state index contributed by atoms with van der Waals surface area (Å²) in [7, 11) is 1.59. The number of amides is 1. The van der Waals surface area contributed by atoms with Crippen LogP contribution in [-0.4, -0.2) is 61.8 Å². The predicted octanol–water partition coefficient (Wildman–Crippen LogP) is 4.09. The van der Waals surface area contributed by atoms with Crippen LogP contribution in [0.2, 0.25) is 0 Å². The Labute approximate surface area is 205 Å². The third kappa shape index (κ3) is 5.27. The molecule has 0 aliphatic carbocycles. The minimum Gasteiger partial charge on any atom is -0.507 e. The van der Waals surface area contributed by atoms with Crippen LogP contribution in [0, 0.1) is 0 Å². The number of methoxy groups -OCH3 is 1. The van der Waals surface area contributed by atoms with Crippen molar-refractivity contribution in [1.29, 1.82) is 0 Å². The molecule has 0 spiro atoms. The molecule has 35 heavy (non-hydrogen) atoms. The molecule has 0 bridgehead atoms. The fourth-order valence-electron chi connectivity index (χ4n) is 4.29. The van der Waals surface area contributed by atoms with Crippen LogP contribution >= 0.6 is 0 Å². The Bertz CT molecular complexity index is 1110. The number of ketones is 1. The number of benzene rings is 2. The van der Waals surface area contributed by atoms with Crippen molar-refractivity contribution in [1.82, 2.24) is 4.90 Å². The highest BCUT2D eigenvalue weighted by molar-refractivity contribution is 6.46. The maximum absolute atomic E-state index is 13.2. The molecule has 8 heteroatoms. The first-order chi connectivity index (χ1) is 17.0. The monoisotopic (exact) mass is 481 g/mol. The summed E-state index contributed by atoms with van der Waals surface area (Å²) in [5.74, 6) is 0.0769. The van der Waals surface area contributed by atoms with Crippen LogP contribution < -0.4 is 14.2 Å². The summed E-state index contributed by atoms with van der Waals surface area (Å²) in [6.07, 6.45) is 2.48. The lowest BCUT2D eigenvalue weighted by molar-refractivity contribution is -0.140. The number of rotatable bonds is 10. The lowest BCUT2D eigenvalue weighted by Gasteiger charge is -2.26. The molecular formula is C27H31NO7. The number of Topliss-reactive ketones (excluding diaryl/α,β-unsaturated/α-hetero) is 1. The van der Waals surface area contributed by atoms with Crippen molar-refractivity contribution >= 4 is 17.4 Å². The highest BCUT2D eigenvalue weighted by Gasteiger charge is 2.46. The normalized spacial score (nSPS) is 18.7. The van der Waals surface area contributed by atoms with Crippen molar-refractivity contribution < 1.29 is 33.6 Å².